The molecule has 0 aromatic rings. The fourth-order valence-electron chi connectivity index (χ4n) is 2.05. The van der Waals surface area contributed by atoms with Gasteiger partial charge in [-0.2, -0.15) is 0 Å². The molecule has 0 aromatic heterocycles. The lowest BCUT2D eigenvalue weighted by molar-refractivity contribution is 0.494. The van der Waals surface area contributed by atoms with Crippen LogP contribution in [-0.4, -0.2) is 17.0 Å². The molecule has 9 heavy (non-hydrogen) atoms. The quantitative estimate of drug-likeness (QED) is 0.496. The lowest BCUT2D eigenvalue weighted by Gasteiger charge is -2.01. The summed E-state index contributed by atoms with van der Waals surface area (Å²) < 4.78 is 0.920. The molecule has 52 valence electrons. The van der Waals surface area contributed by atoms with E-state index in [0.717, 1.165) is 3.92 Å². The highest BCUT2D eigenvalue weighted by Crippen LogP contribution is 2.69. The Hall–Kier alpha value is 0.690. The lowest BCUT2D eigenvalue weighted by atomic mass is 10.0. The number of rotatable bonds is 0. The summed E-state index contributed by atoms with van der Waals surface area (Å²) in [4.78, 5) is 0. The molecule has 1 saturated heterocycles. The van der Waals surface area contributed by atoms with Gasteiger partial charge in [0.15, 0.2) is 0 Å². The number of halogens is 1. The van der Waals surface area contributed by atoms with Crippen molar-refractivity contribution < 1.29 is 0 Å². The van der Waals surface area contributed by atoms with Crippen LogP contribution in [0, 0.1) is 10.8 Å². The van der Waals surface area contributed by atoms with Crippen LogP contribution in [0.4, 0.5) is 0 Å². The predicted molar refractivity (Wildman–Crippen MR) is 46.9 cm³/mol. The molecule has 0 amide bonds. The van der Waals surface area contributed by atoms with Gasteiger partial charge in [0.2, 0.25) is 0 Å². The molecule has 1 unspecified atom stereocenters. The van der Waals surface area contributed by atoms with Gasteiger partial charge in [-0.05, 0) is 10.8 Å². The van der Waals surface area contributed by atoms with E-state index in [0.29, 0.717) is 10.8 Å². The van der Waals surface area contributed by atoms with Crippen molar-refractivity contribution in [3.8, 4) is 0 Å². The monoisotopic (exact) mass is 237 g/mol. The Morgan fingerprint density at radius 1 is 1.33 bits per heavy atom. The number of nitrogens with one attached hydrogen (secondary N) is 1. The van der Waals surface area contributed by atoms with Crippen LogP contribution < -0.4 is 5.32 Å². The van der Waals surface area contributed by atoms with Gasteiger partial charge in [-0.25, -0.2) is 0 Å². The highest BCUT2D eigenvalue weighted by atomic mass is 127. The molecule has 0 aromatic carbocycles. The predicted octanol–water partition coefficient (Wildman–Crippen LogP) is 1.42. The third-order valence-corrected chi connectivity index (χ3v) is 6.07. The molecule has 2 aliphatic rings. The Kier molecular flexibility index (Phi) is 1.05. The van der Waals surface area contributed by atoms with Crippen LogP contribution >= 0.6 is 22.6 Å². The smallest absolute Gasteiger partial charge is 0.0253 e. The van der Waals surface area contributed by atoms with Gasteiger partial charge in [-0.15, -0.1) is 0 Å². The van der Waals surface area contributed by atoms with E-state index >= 15 is 0 Å². The second-order valence-corrected chi connectivity index (χ2v) is 5.05. The Bertz CT molecular complexity index is 143. The molecule has 0 spiro atoms. The van der Waals surface area contributed by atoms with E-state index in [9.17, 15) is 0 Å². The first kappa shape index (κ1) is 6.40. The molecule has 0 bridgehead atoms. The minimum Gasteiger partial charge on any atom is -0.316 e. The normalized spacial score (nSPS) is 63.7. The van der Waals surface area contributed by atoms with Gasteiger partial charge in [0.25, 0.3) is 0 Å². The molecule has 1 aliphatic carbocycles. The van der Waals surface area contributed by atoms with E-state index in [-0.39, 0.29) is 0 Å². The van der Waals surface area contributed by atoms with Crippen molar-refractivity contribution in [1.82, 2.24) is 5.32 Å². The standard InChI is InChI=1S/C7H12IN/c1-6-3-9-4-7(6,2)5(6)8/h5,9H,3-4H2,1-2H3/t5?,6-,7+. The van der Waals surface area contributed by atoms with Crippen molar-refractivity contribution in [3.05, 3.63) is 0 Å². The van der Waals surface area contributed by atoms with Crippen LogP contribution in [0.1, 0.15) is 13.8 Å². The summed E-state index contributed by atoms with van der Waals surface area (Å²) in [6, 6.07) is 0. The second kappa shape index (κ2) is 1.47. The highest BCUT2D eigenvalue weighted by molar-refractivity contribution is 14.1. The van der Waals surface area contributed by atoms with E-state index in [2.05, 4.69) is 41.8 Å². The third kappa shape index (κ3) is 0.507. The first-order chi connectivity index (χ1) is 4.11. The van der Waals surface area contributed by atoms with Crippen molar-refractivity contribution in [2.75, 3.05) is 13.1 Å². The second-order valence-electron chi connectivity index (χ2n) is 3.80. The molecular formula is C7H12IN. The molecular weight excluding hydrogens is 225 g/mol. The van der Waals surface area contributed by atoms with Gasteiger partial charge < -0.3 is 5.32 Å². The topological polar surface area (TPSA) is 12.0 Å². The third-order valence-electron chi connectivity index (χ3n) is 3.32. The minimum atomic E-state index is 0.633. The number of fused-ring (bicyclic) bond motifs is 1. The number of hydrogen-bond donors (Lipinski definition) is 1. The van der Waals surface area contributed by atoms with Crippen molar-refractivity contribution in [1.29, 1.82) is 0 Å². The lowest BCUT2D eigenvalue weighted by Crippen LogP contribution is -2.19. The maximum absolute atomic E-state index is 3.43. The average Bonchev–Trinajstić information content (AvgIpc) is 2.20. The van der Waals surface area contributed by atoms with Crippen LogP contribution in [0.5, 0.6) is 0 Å². The minimum absolute atomic E-state index is 0.633. The fourth-order valence-corrected chi connectivity index (χ4v) is 3.73. The summed E-state index contributed by atoms with van der Waals surface area (Å²) in [5.41, 5.74) is 1.27. The van der Waals surface area contributed by atoms with Gasteiger partial charge in [0.1, 0.15) is 0 Å². The van der Waals surface area contributed by atoms with Gasteiger partial charge >= 0.3 is 0 Å². The van der Waals surface area contributed by atoms with Crippen molar-refractivity contribution in [2.45, 2.75) is 17.8 Å². The van der Waals surface area contributed by atoms with E-state index in [1.54, 1.807) is 0 Å². The summed E-state index contributed by atoms with van der Waals surface area (Å²) in [7, 11) is 0. The average molecular weight is 237 g/mol. The van der Waals surface area contributed by atoms with E-state index in [1.165, 1.54) is 13.1 Å². The number of alkyl halides is 1. The molecule has 1 N–H and O–H groups in total. The van der Waals surface area contributed by atoms with E-state index in [1.807, 2.05) is 0 Å². The van der Waals surface area contributed by atoms with E-state index < -0.39 is 0 Å². The summed E-state index contributed by atoms with van der Waals surface area (Å²) in [6.45, 7) is 7.25. The van der Waals surface area contributed by atoms with Crippen LogP contribution in [0.15, 0.2) is 0 Å². The Morgan fingerprint density at radius 3 is 2.00 bits per heavy atom. The largest absolute Gasteiger partial charge is 0.316 e. The Balaban J connectivity index is 2.29. The van der Waals surface area contributed by atoms with Crippen molar-refractivity contribution >= 4 is 22.6 Å². The van der Waals surface area contributed by atoms with Crippen molar-refractivity contribution in [2.24, 2.45) is 10.8 Å². The maximum Gasteiger partial charge on any atom is 0.0253 e. The van der Waals surface area contributed by atoms with Crippen LogP contribution in [0.2, 0.25) is 0 Å². The molecule has 1 saturated carbocycles. The van der Waals surface area contributed by atoms with Crippen LogP contribution in [0.25, 0.3) is 0 Å². The number of piperidine rings is 1. The van der Waals surface area contributed by atoms with Crippen molar-refractivity contribution in [3.63, 3.8) is 0 Å². The zero-order valence-corrected chi connectivity index (χ0v) is 8.03. The Labute approximate surface area is 69.7 Å². The van der Waals surface area contributed by atoms with Gasteiger partial charge in [0.05, 0.1) is 0 Å². The fraction of sp³-hybridized carbons (Fsp3) is 1.00. The first-order valence-corrected chi connectivity index (χ1v) is 4.71. The first-order valence-electron chi connectivity index (χ1n) is 3.46. The molecule has 1 heterocycles. The van der Waals surface area contributed by atoms with Gasteiger partial charge in [-0.1, -0.05) is 36.4 Å². The van der Waals surface area contributed by atoms with Crippen LogP contribution in [0.3, 0.4) is 0 Å². The molecule has 1 nitrogen and oxygen atoms in total. The molecule has 1 aliphatic heterocycles. The molecule has 3 atom stereocenters. The summed E-state index contributed by atoms with van der Waals surface area (Å²) in [5, 5.41) is 3.43. The highest BCUT2D eigenvalue weighted by Gasteiger charge is 2.71. The molecule has 2 heteroatoms. The maximum atomic E-state index is 3.43. The van der Waals surface area contributed by atoms with Gasteiger partial charge in [-0.3, -0.25) is 0 Å². The Morgan fingerprint density at radius 2 is 1.78 bits per heavy atom. The summed E-state index contributed by atoms with van der Waals surface area (Å²) in [6.07, 6.45) is 0. The number of hydrogen-bond acceptors (Lipinski definition) is 1. The zero-order valence-electron chi connectivity index (χ0n) is 5.87. The molecule has 2 rings (SSSR count). The summed E-state index contributed by atoms with van der Waals surface area (Å²) in [5.74, 6) is 0. The summed E-state index contributed by atoms with van der Waals surface area (Å²) >= 11 is 2.59. The van der Waals surface area contributed by atoms with Gasteiger partial charge in [0, 0.05) is 17.0 Å². The zero-order chi connectivity index (χ0) is 6.70. The molecule has 0 radical (unpaired) electrons. The van der Waals surface area contributed by atoms with Crippen LogP contribution in [-0.2, 0) is 0 Å². The van der Waals surface area contributed by atoms with E-state index in [4.69, 9.17) is 0 Å². The SMILES string of the molecule is C[C@@]12CNC[C@]1(C)C2I. The molecule has 2 fully saturated rings.